The summed E-state index contributed by atoms with van der Waals surface area (Å²) in [7, 11) is 0. The molecule has 3 N–H and O–H groups in total. The standard InChI is InChI=1S/C10H18N2O4/c1-2-7(11)5-9(13)12-3-4-16-6-8(12)10(14)15/h7-8H,2-6,11H2,1H3,(H,14,15). The molecule has 0 radical (unpaired) electrons. The number of nitrogens with two attached hydrogens (primary N) is 1. The zero-order valence-electron chi connectivity index (χ0n) is 9.39. The Hall–Kier alpha value is -1.14. The fourth-order valence-electron chi connectivity index (χ4n) is 1.59. The van der Waals surface area contributed by atoms with Gasteiger partial charge in [0, 0.05) is 19.0 Å². The summed E-state index contributed by atoms with van der Waals surface area (Å²) in [6.07, 6.45) is 0.897. The van der Waals surface area contributed by atoms with Gasteiger partial charge in [-0.25, -0.2) is 4.79 Å². The van der Waals surface area contributed by atoms with E-state index in [9.17, 15) is 9.59 Å². The number of carbonyl (C=O) groups excluding carboxylic acids is 1. The van der Waals surface area contributed by atoms with Crippen LogP contribution in [0.25, 0.3) is 0 Å². The monoisotopic (exact) mass is 230 g/mol. The molecular weight excluding hydrogens is 212 g/mol. The average Bonchev–Trinajstić information content (AvgIpc) is 2.28. The van der Waals surface area contributed by atoms with E-state index < -0.39 is 12.0 Å². The second kappa shape index (κ2) is 5.81. The lowest BCUT2D eigenvalue weighted by Gasteiger charge is -2.33. The fraction of sp³-hybridized carbons (Fsp3) is 0.800. The van der Waals surface area contributed by atoms with E-state index in [2.05, 4.69) is 0 Å². The van der Waals surface area contributed by atoms with Crippen LogP contribution < -0.4 is 5.73 Å². The number of morpholine rings is 1. The van der Waals surface area contributed by atoms with E-state index in [-0.39, 0.29) is 25.0 Å². The van der Waals surface area contributed by atoms with Crippen LogP contribution in [0.2, 0.25) is 0 Å². The third-order valence-corrected chi connectivity index (χ3v) is 2.70. The van der Waals surface area contributed by atoms with Crippen molar-refractivity contribution in [2.75, 3.05) is 19.8 Å². The molecule has 0 aromatic carbocycles. The minimum absolute atomic E-state index is 0.0580. The number of aliphatic carboxylic acids is 1. The average molecular weight is 230 g/mol. The first kappa shape index (κ1) is 12.9. The molecule has 0 aromatic rings. The van der Waals surface area contributed by atoms with Gasteiger partial charge in [0.1, 0.15) is 0 Å². The van der Waals surface area contributed by atoms with Crippen LogP contribution in [0.4, 0.5) is 0 Å². The van der Waals surface area contributed by atoms with Crippen molar-refractivity contribution >= 4 is 11.9 Å². The van der Waals surface area contributed by atoms with Crippen molar-refractivity contribution in [3.63, 3.8) is 0 Å². The van der Waals surface area contributed by atoms with Gasteiger partial charge in [-0.05, 0) is 6.42 Å². The number of hydrogen-bond donors (Lipinski definition) is 2. The molecule has 0 aliphatic carbocycles. The first-order chi connectivity index (χ1) is 7.56. The summed E-state index contributed by atoms with van der Waals surface area (Å²) >= 11 is 0. The molecule has 0 aromatic heterocycles. The minimum Gasteiger partial charge on any atom is -0.480 e. The Bertz CT molecular complexity index is 270. The SMILES string of the molecule is CCC(N)CC(=O)N1CCOCC1C(=O)O. The van der Waals surface area contributed by atoms with Gasteiger partial charge in [0.15, 0.2) is 6.04 Å². The molecule has 1 saturated heterocycles. The Kier molecular flexibility index (Phi) is 4.70. The third kappa shape index (κ3) is 3.18. The first-order valence-corrected chi connectivity index (χ1v) is 5.41. The second-order valence-corrected chi connectivity index (χ2v) is 3.89. The third-order valence-electron chi connectivity index (χ3n) is 2.70. The van der Waals surface area contributed by atoms with Crippen molar-refractivity contribution in [3.8, 4) is 0 Å². The van der Waals surface area contributed by atoms with Crippen LogP contribution in [0, 0.1) is 0 Å². The normalized spacial score (nSPS) is 22.9. The smallest absolute Gasteiger partial charge is 0.328 e. The summed E-state index contributed by atoms with van der Waals surface area (Å²) < 4.78 is 5.05. The van der Waals surface area contributed by atoms with Crippen molar-refractivity contribution < 1.29 is 19.4 Å². The van der Waals surface area contributed by atoms with Gasteiger partial charge in [-0.2, -0.15) is 0 Å². The number of hydrogen-bond acceptors (Lipinski definition) is 4. The Morgan fingerprint density at radius 2 is 2.31 bits per heavy atom. The van der Waals surface area contributed by atoms with Crippen LogP contribution in [0.1, 0.15) is 19.8 Å². The largest absolute Gasteiger partial charge is 0.480 e. The van der Waals surface area contributed by atoms with E-state index in [0.717, 1.165) is 0 Å². The summed E-state index contributed by atoms with van der Waals surface area (Å²) in [5.41, 5.74) is 5.68. The van der Waals surface area contributed by atoms with Crippen molar-refractivity contribution in [2.45, 2.75) is 31.8 Å². The second-order valence-electron chi connectivity index (χ2n) is 3.89. The lowest BCUT2D eigenvalue weighted by Crippen LogP contribution is -2.53. The van der Waals surface area contributed by atoms with Gasteiger partial charge < -0.3 is 20.5 Å². The highest BCUT2D eigenvalue weighted by atomic mass is 16.5. The Labute approximate surface area is 94.3 Å². The van der Waals surface area contributed by atoms with Crippen LogP contribution in [0.5, 0.6) is 0 Å². The predicted octanol–water partition coefficient (Wildman–Crippen LogP) is -0.574. The molecule has 0 spiro atoms. The molecule has 1 fully saturated rings. The maximum atomic E-state index is 11.8. The molecule has 6 heteroatoms. The van der Waals surface area contributed by atoms with E-state index in [4.69, 9.17) is 15.6 Å². The van der Waals surface area contributed by atoms with Gasteiger partial charge in [0.2, 0.25) is 5.91 Å². The van der Waals surface area contributed by atoms with Crippen LogP contribution in [-0.4, -0.2) is 53.7 Å². The summed E-state index contributed by atoms with van der Waals surface area (Å²) in [4.78, 5) is 24.1. The quantitative estimate of drug-likeness (QED) is 0.674. The van der Waals surface area contributed by atoms with E-state index in [1.54, 1.807) is 0 Å². The van der Waals surface area contributed by atoms with Crippen molar-refractivity contribution in [3.05, 3.63) is 0 Å². The number of rotatable bonds is 4. The van der Waals surface area contributed by atoms with Crippen molar-refractivity contribution in [1.29, 1.82) is 0 Å². The molecule has 2 unspecified atom stereocenters. The van der Waals surface area contributed by atoms with Gasteiger partial charge in [0.05, 0.1) is 13.2 Å². The first-order valence-electron chi connectivity index (χ1n) is 5.41. The molecule has 92 valence electrons. The van der Waals surface area contributed by atoms with Gasteiger partial charge >= 0.3 is 5.97 Å². The zero-order chi connectivity index (χ0) is 12.1. The van der Waals surface area contributed by atoms with E-state index in [1.807, 2.05) is 6.92 Å². The summed E-state index contributed by atoms with van der Waals surface area (Å²) in [6.45, 7) is 2.66. The molecule has 1 heterocycles. The highest BCUT2D eigenvalue weighted by Gasteiger charge is 2.32. The number of carboxylic acid groups (broad SMARTS) is 1. The molecule has 1 rings (SSSR count). The van der Waals surface area contributed by atoms with Gasteiger partial charge in [0.25, 0.3) is 0 Å². The number of ether oxygens (including phenoxy) is 1. The highest BCUT2D eigenvalue weighted by molar-refractivity contribution is 5.84. The van der Waals surface area contributed by atoms with Gasteiger partial charge in [-0.1, -0.05) is 6.92 Å². The molecule has 2 atom stereocenters. The van der Waals surface area contributed by atoms with Crippen molar-refractivity contribution in [2.24, 2.45) is 5.73 Å². The molecule has 1 aliphatic rings. The molecule has 16 heavy (non-hydrogen) atoms. The fourth-order valence-corrected chi connectivity index (χ4v) is 1.59. The Morgan fingerprint density at radius 3 is 2.88 bits per heavy atom. The molecule has 1 aliphatic heterocycles. The van der Waals surface area contributed by atoms with Crippen LogP contribution >= 0.6 is 0 Å². The summed E-state index contributed by atoms with van der Waals surface area (Å²) in [5, 5.41) is 8.94. The van der Waals surface area contributed by atoms with Crippen LogP contribution in [0.3, 0.4) is 0 Å². The van der Waals surface area contributed by atoms with Gasteiger partial charge in [-0.3, -0.25) is 4.79 Å². The number of carboxylic acids is 1. The molecule has 0 saturated carbocycles. The number of carbonyl (C=O) groups is 2. The summed E-state index contributed by atoms with van der Waals surface area (Å²) in [5.74, 6) is -1.23. The number of nitrogens with zero attached hydrogens (tertiary/aromatic N) is 1. The minimum atomic E-state index is -1.03. The Balaban J connectivity index is 2.60. The van der Waals surface area contributed by atoms with E-state index in [0.29, 0.717) is 19.6 Å². The lowest BCUT2D eigenvalue weighted by atomic mass is 10.1. The number of amides is 1. The van der Waals surface area contributed by atoms with Crippen LogP contribution in [0.15, 0.2) is 0 Å². The molecule has 1 amide bonds. The Morgan fingerprint density at radius 1 is 1.62 bits per heavy atom. The van der Waals surface area contributed by atoms with E-state index in [1.165, 1.54) is 4.90 Å². The predicted molar refractivity (Wildman–Crippen MR) is 56.8 cm³/mol. The van der Waals surface area contributed by atoms with Crippen LogP contribution in [-0.2, 0) is 14.3 Å². The summed E-state index contributed by atoms with van der Waals surface area (Å²) in [6, 6.07) is -1.07. The van der Waals surface area contributed by atoms with E-state index >= 15 is 0 Å². The highest BCUT2D eigenvalue weighted by Crippen LogP contribution is 2.10. The maximum Gasteiger partial charge on any atom is 0.328 e. The maximum absolute atomic E-state index is 11.8. The zero-order valence-corrected chi connectivity index (χ0v) is 9.39. The lowest BCUT2D eigenvalue weighted by molar-refractivity contribution is -0.158. The molecular formula is C10H18N2O4. The van der Waals surface area contributed by atoms with Crippen molar-refractivity contribution in [1.82, 2.24) is 4.90 Å². The molecule has 0 bridgehead atoms. The topological polar surface area (TPSA) is 92.9 Å². The van der Waals surface area contributed by atoms with Gasteiger partial charge in [-0.15, -0.1) is 0 Å². The molecule has 6 nitrogen and oxygen atoms in total.